The van der Waals surface area contributed by atoms with Gasteiger partial charge in [-0.3, -0.25) is 19.3 Å². The number of carbonyl (C=O) groups excluding carboxylic acids is 3. The number of ketones is 2. The summed E-state index contributed by atoms with van der Waals surface area (Å²) in [5.41, 5.74) is 0.170. The van der Waals surface area contributed by atoms with Gasteiger partial charge in [0.15, 0.2) is 17.1 Å². The number of nitrogens with zero attached hydrogens (tertiary/aromatic N) is 1. The van der Waals surface area contributed by atoms with Crippen LogP contribution in [0.5, 0.6) is 0 Å². The summed E-state index contributed by atoms with van der Waals surface area (Å²) in [7, 11) is 0. The summed E-state index contributed by atoms with van der Waals surface area (Å²) < 4.78 is 0. The second-order valence-electron chi connectivity index (χ2n) is 4.63. The molecule has 0 saturated carbocycles. The fourth-order valence-corrected chi connectivity index (χ4v) is 2.69. The number of anilines is 1. The van der Waals surface area contributed by atoms with Gasteiger partial charge in [-0.15, -0.1) is 0 Å². The van der Waals surface area contributed by atoms with Gasteiger partial charge in [-0.2, -0.15) is 0 Å². The number of hydrogen-bond donors (Lipinski definition) is 0. The van der Waals surface area contributed by atoms with Crippen LogP contribution >= 0.6 is 0 Å². The third kappa shape index (κ3) is 1.49. The van der Waals surface area contributed by atoms with Crippen molar-refractivity contribution in [3.05, 3.63) is 29.8 Å². The molecule has 0 atom stereocenters. The normalized spacial score (nSPS) is 16.3. The van der Waals surface area contributed by atoms with E-state index in [4.69, 9.17) is 0 Å². The molecule has 0 N–H and O–H groups in total. The van der Waals surface area contributed by atoms with Crippen LogP contribution in [0, 0.1) is 0 Å². The molecule has 0 aliphatic carbocycles. The van der Waals surface area contributed by atoms with Gasteiger partial charge in [0.05, 0.1) is 0 Å². The van der Waals surface area contributed by atoms with Crippen molar-refractivity contribution in [2.24, 2.45) is 0 Å². The lowest BCUT2D eigenvalue weighted by molar-refractivity contribution is -0.135. The Morgan fingerprint density at radius 1 is 1.06 bits per heavy atom. The van der Waals surface area contributed by atoms with Crippen molar-refractivity contribution < 1.29 is 14.4 Å². The highest BCUT2D eigenvalue weighted by atomic mass is 16.2. The Morgan fingerprint density at radius 2 is 1.61 bits per heavy atom. The van der Waals surface area contributed by atoms with Crippen LogP contribution in [0.1, 0.15) is 26.3 Å². The smallest absolute Gasteiger partial charge is 0.225 e. The standard InChI is InChI=1S/C14H15NO3/c1-9(16)14(10(2)17)8-12-6-4-5-7-13(12)15(14)11(3)18/h4-7H,8H2,1-3H3. The molecule has 1 aromatic rings. The molecule has 94 valence electrons. The fraction of sp³-hybridized carbons (Fsp3) is 0.357. The monoisotopic (exact) mass is 245 g/mol. The lowest BCUT2D eigenvalue weighted by Crippen LogP contribution is -2.59. The number of rotatable bonds is 2. The first kappa shape index (κ1) is 12.5. The molecule has 0 unspecified atom stereocenters. The van der Waals surface area contributed by atoms with E-state index in [1.807, 2.05) is 12.1 Å². The summed E-state index contributed by atoms with van der Waals surface area (Å²) in [6, 6.07) is 7.25. The van der Waals surface area contributed by atoms with Gasteiger partial charge in [-0.25, -0.2) is 0 Å². The Hall–Kier alpha value is -1.97. The molecular formula is C14H15NO3. The minimum Gasteiger partial charge on any atom is -0.297 e. The van der Waals surface area contributed by atoms with E-state index in [0.717, 1.165) is 5.56 Å². The van der Waals surface area contributed by atoms with E-state index in [1.165, 1.54) is 25.7 Å². The summed E-state index contributed by atoms with van der Waals surface area (Å²) in [6.45, 7) is 4.11. The van der Waals surface area contributed by atoms with Crippen molar-refractivity contribution in [2.75, 3.05) is 4.90 Å². The molecule has 4 nitrogen and oxygen atoms in total. The molecule has 1 amide bonds. The topological polar surface area (TPSA) is 54.5 Å². The highest BCUT2D eigenvalue weighted by Crippen LogP contribution is 2.40. The van der Waals surface area contributed by atoms with Crippen LogP contribution in [0.3, 0.4) is 0 Å². The minimum absolute atomic E-state index is 0.271. The zero-order valence-corrected chi connectivity index (χ0v) is 10.7. The van der Waals surface area contributed by atoms with Gasteiger partial charge < -0.3 is 0 Å². The molecule has 2 rings (SSSR count). The molecule has 0 saturated heterocycles. The number of hydrogen-bond acceptors (Lipinski definition) is 3. The zero-order valence-electron chi connectivity index (χ0n) is 10.7. The number of Topliss-reactive ketones (excluding diaryl/α,β-unsaturated/α-hetero) is 2. The third-order valence-corrected chi connectivity index (χ3v) is 3.54. The van der Waals surface area contributed by atoms with Crippen LogP contribution < -0.4 is 4.90 Å². The average molecular weight is 245 g/mol. The summed E-state index contributed by atoms with van der Waals surface area (Å²) in [5.74, 6) is -0.867. The third-order valence-electron chi connectivity index (χ3n) is 3.54. The quantitative estimate of drug-likeness (QED) is 0.742. The van der Waals surface area contributed by atoms with Gasteiger partial charge in [-0.1, -0.05) is 18.2 Å². The molecule has 1 aromatic carbocycles. The van der Waals surface area contributed by atoms with E-state index in [2.05, 4.69) is 0 Å². The van der Waals surface area contributed by atoms with Crippen LogP contribution in [0.25, 0.3) is 0 Å². The van der Waals surface area contributed by atoms with E-state index in [-0.39, 0.29) is 23.9 Å². The molecular weight excluding hydrogens is 230 g/mol. The van der Waals surface area contributed by atoms with E-state index >= 15 is 0 Å². The molecule has 0 fully saturated rings. The summed E-state index contributed by atoms with van der Waals surface area (Å²) in [4.78, 5) is 37.2. The van der Waals surface area contributed by atoms with Crippen molar-refractivity contribution in [1.29, 1.82) is 0 Å². The van der Waals surface area contributed by atoms with E-state index in [0.29, 0.717) is 5.69 Å². The lowest BCUT2D eigenvalue weighted by Gasteiger charge is -2.33. The molecule has 18 heavy (non-hydrogen) atoms. The maximum atomic E-state index is 12.0. The fourth-order valence-electron chi connectivity index (χ4n) is 2.69. The second-order valence-corrected chi connectivity index (χ2v) is 4.63. The Labute approximate surface area is 106 Å². The predicted octanol–water partition coefficient (Wildman–Crippen LogP) is 1.51. The summed E-state index contributed by atoms with van der Waals surface area (Å²) >= 11 is 0. The van der Waals surface area contributed by atoms with E-state index < -0.39 is 5.54 Å². The molecule has 0 bridgehead atoms. The Morgan fingerprint density at radius 3 is 2.11 bits per heavy atom. The highest BCUT2D eigenvalue weighted by Gasteiger charge is 2.53. The van der Waals surface area contributed by atoms with Crippen molar-refractivity contribution in [1.82, 2.24) is 0 Å². The SMILES string of the molecule is CC(=O)N1c2ccccc2CC1(C(C)=O)C(C)=O. The first-order valence-electron chi connectivity index (χ1n) is 5.82. The molecule has 1 heterocycles. The predicted molar refractivity (Wildman–Crippen MR) is 67.4 cm³/mol. The van der Waals surface area contributed by atoms with Gasteiger partial charge in [0.2, 0.25) is 5.91 Å². The van der Waals surface area contributed by atoms with E-state index in [1.54, 1.807) is 12.1 Å². The Bertz CT molecular complexity index is 534. The molecule has 0 spiro atoms. The molecule has 1 aliphatic heterocycles. The van der Waals surface area contributed by atoms with Crippen LogP contribution in [0.4, 0.5) is 5.69 Å². The number of amides is 1. The highest BCUT2D eigenvalue weighted by molar-refractivity contribution is 6.20. The zero-order chi connectivity index (χ0) is 13.5. The summed E-state index contributed by atoms with van der Waals surface area (Å²) in [6.07, 6.45) is 0.271. The number of para-hydroxylation sites is 1. The largest absolute Gasteiger partial charge is 0.297 e. The molecule has 0 radical (unpaired) electrons. The van der Waals surface area contributed by atoms with Gasteiger partial charge in [0.25, 0.3) is 0 Å². The Balaban J connectivity index is 2.69. The molecule has 1 aliphatic rings. The van der Waals surface area contributed by atoms with E-state index in [9.17, 15) is 14.4 Å². The number of fused-ring (bicyclic) bond motifs is 1. The first-order valence-corrected chi connectivity index (χ1v) is 5.82. The van der Waals surface area contributed by atoms with Crippen LogP contribution in [-0.2, 0) is 20.8 Å². The van der Waals surface area contributed by atoms with Gasteiger partial charge >= 0.3 is 0 Å². The lowest BCUT2D eigenvalue weighted by atomic mass is 9.86. The van der Waals surface area contributed by atoms with Crippen molar-refractivity contribution in [2.45, 2.75) is 32.7 Å². The van der Waals surface area contributed by atoms with Gasteiger partial charge in [-0.05, 0) is 25.5 Å². The maximum Gasteiger partial charge on any atom is 0.225 e. The summed E-state index contributed by atoms with van der Waals surface area (Å²) in [5, 5.41) is 0. The second kappa shape index (κ2) is 4.05. The van der Waals surface area contributed by atoms with Gasteiger partial charge in [0.1, 0.15) is 0 Å². The van der Waals surface area contributed by atoms with Gasteiger partial charge in [0, 0.05) is 19.0 Å². The van der Waals surface area contributed by atoms with Crippen molar-refractivity contribution in [3.63, 3.8) is 0 Å². The van der Waals surface area contributed by atoms with Crippen molar-refractivity contribution >= 4 is 23.2 Å². The minimum atomic E-state index is -1.35. The van der Waals surface area contributed by atoms with Crippen molar-refractivity contribution in [3.8, 4) is 0 Å². The maximum absolute atomic E-state index is 12.0. The van der Waals surface area contributed by atoms with Crippen LogP contribution in [0.15, 0.2) is 24.3 Å². The van der Waals surface area contributed by atoms with Crippen LogP contribution in [-0.4, -0.2) is 23.0 Å². The Kier molecular flexibility index (Phi) is 2.81. The number of carbonyl (C=O) groups is 3. The molecule has 0 aromatic heterocycles. The average Bonchev–Trinajstić information content (AvgIpc) is 2.64. The first-order chi connectivity index (χ1) is 8.41. The molecule has 4 heteroatoms. The number of benzene rings is 1. The van der Waals surface area contributed by atoms with Crippen LogP contribution in [0.2, 0.25) is 0 Å².